The van der Waals surface area contributed by atoms with Gasteiger partial charge in [0.05, 0.1) is 55.3 Å². The van der Waals surface area contributed by atoms with Gasteiger partial charge in [-0.2, -0.15) is 0 Å². The largest absolute Gasteiger partial charge is 0.479 e. The Bertz CT molecular complexity index is 2850. The number of esters is 3. The van der Waals surface area contributed by atoms with E-state index in [9.17, 15) is 85.6 Å². The first-order chi connectivity index (χ1) is 43.9. The number of allylic oxidation sites excluding steroid dienone is 4. The van der Waals surface area contributed by atoms with E-state index in [2.05, 4.69) is 26.8 Å². The van der Waals surface area contributed by atoms with Crippen molar-refractivity contribution in [3.8, 4) is 0 Å². The molecule has 4 heterocycles. The van der Waals surface area contributed by atoms with Gasteiger partial charge in [0, 0.05) is 23.5 Å². The van der Waals surface area contributed by atoms with Crippen molar-refractivity contribution in [1.82, 2.24) is 0 Å². The van der Waals surface area contributed by atoms with Crippen molar-refractivity contribution in [2.45, 2.75) is 282 Å². The SMILES string of the molecule is C/C=C(/C)C(=O)O[C@@H]1[C@@H](O)[C@H](O[C@H]2[C@H](O)[C@@]3(COC(C)=O)C(CC2(C)C)C2=CCC4[C@@]5(C)CC[C@H](O[C@@H]6O[C@H](C(=O)O)[C@@H](O)[C@H](O[C@H]7O[C@H](C)[C@@H](O)[C@H](O)[C@@H]7O)[C@H]6O[C@@H]6O[C@H](CO)[C@H](O)[C@H](O)[C@H]6O)[C@](C)(CO)C5CC[C@@]4(C)[C@]2(C)C[C@H]3O)O[C@H](C)[C@H]1OC(=O)/C(C)=C\C. The fraction of sp³-hybridized carbons (Fsp3) is 0.848. The Morgan fingerprint density at radius 3 is 1.77 bits per heavy atom. The van der Waals surface area contributed by atoms with E-state index in [0.29, 0.717) is 25.7 Å². The van der Waals surface area contributed by atoms with Gasteiger partial charge in [0.15, 0.2) is 43.5 Å². The highest BCUT2D eigenvalue weighted by Gasteiger charge is 2.74. The number of rotatable bonds is 17. The number of ether oxygens (including phenoxy) is 11. The number of carboxylic acid groups (broad SMARTS) is 1. The zero-order chi connectivity index (χ0) is 69.6. The second-order valence-electron chi connectivity index (χ2n) is 29.7. The maximum atomic E-state index is 13.4. The molecule has 0 aromatic rings. The Hall–Kier alpha value is -3.70. The van der Waals surface area contributed by atoms with Crippen molar-refractivity contribution >= 4 is 23.9 Å². The van der Waals surface area contributed by atoms with Crippen LogP contribution in [-0.2, 0) is 71.3 Å². The zero-order valence-corrected chi connectivity index (χ0v) is 55.8. The summed E-state index contributed by atoms with van der Waals surface area (Å²) in [5.74, 6) is -5.05. The molecule has 3 unspecified atom stereocenters. The molecule has 4 saturated carbocycles. The predicted molar refractivity (Wildman–Crippen MR) is 322 cm³/mol. The molecule has 0 bridgehead atoms. The Kier molecular flexibility index (Phi) is 22.0. The summed E-state index contributed by atoms with van der Waals surface area (Å²) < 4.78 is 67.3. The van der Waals surface area contributed by atoms with Gasteiger partial charge in [-0.3, -0.25) is 4.79 Å². The van der Waals surface area contributed by atoms with Crippen LogP contribution in [-0.4, -0.2) is 257 Å². The van der Waals surface area contributed by atoms with Gasteiger partial charge in [0.2, 0.25) is 0 Å². The third-order valence-corrected chi connectivity index (χ3v) is 24.0. The molecule has 8 fully saturated rings. The fourth-order valence-electron chi connectivity index (χ4n) is 18.0. The van der Waals surface area contributed by atoms with Gasteiger partial charge in [0.25, 0.3) is 0 Å². The highest BCUT2D eigenvalue weighted by atomic mass is 16.8. The Morgan fingerprint density at radius 1 is 0.606 bits per heavy atom. The lowest BCUT2D eigenvalue weighted by Gasteiger charge is -2.72. The van der Waals surface area contributed by atoms with Crippen molar-refractivity contribution in [3.63, 3.8) is 0 Å². The Labute approximate surface area is 547 Å². The molecule has 94 heavy (non-hydrogen) atoms. The van der Waals surface area contributed by atoms with E-state index in [4.69, 9.17) is 52.1 Å². The molecule has 28 heteroatoms. The van der Waals surface area contributed by atoms with Gasteiger partial charge in [-0.05, 0) is 126 Å². The highest BCUT2D eigenvalue weighted by molar-refractivity contribution is 5.88. The third kappa shape index (κ3) is 12.6. The number of carbonyl (C=O) groups excluding carboxylic acids is 3. The first kappa shape index (κ1) is 74.5. The third-order valence-electron chi connectivity index (χ3n) is 24.0. The monoisotopic (exact) mass is 1340 g/mol. The first-order valence-corrected chi connectivity index (χ1v) is 32.9. The summed E-state index contributed by atoms with van der Waals surface area (Å²) in [4.78, 5) is 52.5. The molecule has 0 aromatic heterocycles. The average Bonchev–Trinajstić information content (AvgIpc) is 0.669. The minimum atomic E-state index is -2.19. The smallest absolute Gasteiger partial charge is 0.335 e. The maximum Gasteiger partial charge on any atom is 0.335 e. The van der Waals surface area contributed by atoms with Gasteiger partial charge in [-0.1, -0.05) is 65.3 Å². The molecule has 4 saturated heterocycles. The fourth-order valence-corrected chi connectivity index (χ4v) is 18.0. The molecule has 32 atom stereocenters. The number of carbonyl (C=O) groups is 4. The van der Waals surface area contributed by atoms with E-state index in [1.54, 1.807) is 33.8 Å². The lowest BCUT2D eigenvalue weighted by atomic mass is 9.33. The zero-order valence-electron chi connectivity index (χ0n) is 55.8. The van der Waals surface area contributed by atoms with Crippen molar-refractivity contribution in [2.75, 3.05) is 19.8 Å². The molecule has 534 valence electrons. The number of fused-ring (bicyclic) bond motifs is 7. The number of carboxylic acids is 1. The van der Waals surface area contributed by atoms with Crippen LogP contribution in [0.4, 0.5) is 0 Å². The predicted octanol–water partition coefficient (Wildman–Crippen LogP) is 0.0754. The Morgan fingerprint density at radius 2 is 1.18 bits per heavy atom. The van der Waals surface area contributed by atoms with E-state index in [1.807, 2.05) is 20.8 Å². The van der Waals surface area contributed by atoms with Gasteiger partial charge in [-0.15, -0.1) is 0 Å². The van der Waals surface area contributed by atoms with Crippen LogP contribution in [0.5, 0.6) is 0 Å². The second-order valence-corrected chi connectivity index (χ2v) is 29.7. The summed E-state index contributed by atoms with van der Waals surface area (Å²) in [5, 5.41) is 148. The first-order valence-electron chi connectivity index (χ1n) is 32.9. The summed E-state index contributed by atoms with van der Waals surface area (Å²) in [6, 6.07) is 0. The lowest BCUT2D eigenvalue weighted by molar-refractivity contribution is -0.396. The minimum Gasteiger partial charge on any atom is -0.479 e. The number of hydrogen-bond donors (Lipinski definition) is 13. The number of aliphatic carboxylic acids is 1. The van der Waals surface area contributed by atoms with Crippen LogP contribution in [0, 0.1) is 50.2 Å². The molecule has 0 radical (unpaired) electrons. The molecule has 0 aromatic carbocycles. The highest BCUT2D eigenvalue weighted by Crippen LogP contribution is 2.76. The molecule has 5 aliphatic carbocycles. The molecule has 4 aliphatic heterocycles. The van der Waals surface area contributed by atoms with Crippen LogP contribution >= 0.6 is 0 Å². The topological polar surface area (TPSA) is 433 Å². The van der Waals surface area contributed by atoms with Gasteiger partial charge < -0.3 is 118 Å². The second kappa shape index (κ2) is 27.8. The molecule has 0 amide bonds. The van der Waals surface area contributed by atoms with Crippen molar-refractivity contribution in [3.05, 3.63) is 34.9 Å². The summed E-state index contributed by atoms with van der Waals surface area (Å²) >= 11 is 0. The summed E-state index contributed by atoms with van der Waals surface area (Å²) in [5.41, 5.74) is -4.39. The molecular formula is C66H102O28. The minimum absolute atomic E-state index is 0.0776. The van der Waals surface area contributed by atoms with Crippen LogP contribution in [0.25, 0.3) is 0 Å². The van der Waals surface area contributed by atoms with Crippen molar-refractivity contribution < 1.29 is 138 Å². The van der Waals surface area contributed by atoms with Crippen LogP contribution in [0.3, 0.4) is 0 Å². The summed E-state index contributed by atoms with van der Waals surface area (Å²) in [6.45, 7) is 20.8. The van der Waals surface area contributed by atoms with Gasteiger partial charge >= 0.3 is 23.9 Å². The molecule has 28 nitrogen and oxygen atoms in total. The normalized spacial score (nSPS) is 49.5. The summed E-state index contributed by atoms with van der Waals surface area (Å²) in [6.07, 6.45) is -32.7. The van der Waals surface area contributed by atoms with Gasteiger partial charge in [0.1, 0.15) is 73.8 Å². The standard InChI is InChI=1S/C66H102O28/c1-14-27(3)55(82)89-47-30(6)86-59(46(78)49(47)90-56(83)28(4)15-2)94-53-52(79)66(26-84-31(7)69)33(22-61(53,8)9)32-16-17-36-62(10)20-19-38(63(11,25-68)35(62)18-21-64(36,12)65(32,13)23-37(66)70)88-60-51(93-58-44(76)42(74)40(72)34(24-67)87-58)48(45(77)50(92-60)54(80)81)91-57-43(75)41(73)39(71)29(5)85-57/h14-16,29-30,33-53,57-60,67-68,70-79H,17-26H2,1-13H3,(H,80,81)/b27-14-,28-15-/t29-,30-,33?,34-,35?,36?,37-,38+,39-,40+,41+,42+,43+,44-,45+,46-,47-,48+,49-,50+,51-,52+,53+,57-,58+,59+,60-,62+,63-,64-,65-,66+/m1/s1. The molecule has 0 spiro atoms. The van der Waals surface area contributed by atoms with E-state index in [1.165, 1.54) is 26.8 Å². The van der Waals surface area contributed by atoms with E-state index < -0.39 is 229 Å². The molecule has 13 N–H and O–H groups in total. The van der Waals surface area contributed by atoms with Crippen molar-refractivity contribution in [2.24, 2.45) is 50.2 Å². The van der Waals surface area contributed by atoms with Crippen LogP contribution in [0.2, 0.25) is 0 Å². The van der Waals surface area contributed by atoms with E-state index in [-0.39, 0.29) is 42.2 Å². The quantitative estimate of drug-likeness (QED) is 0.0301. The van der Waals surface area contributed by atoms with E-state index in [0.717, 1.165) is 5.57 Å². The van der Waals surface area contributed by atoms with Crippen molar-refractivity contribution in [1.29, 1.82) is 0 Å². The Balaban J connectivity index is 1.02. The average molecular weight is 1340 g/mol. The molecular weight excluding hydrogens is 1240 g/mol. The van der Waals surface area contributed by atoms with Gasteiger partial charge in [-0.25, -0.2) is 14.4 Å². The molecule has 9 rings (SSSR count). The van der Waals surface area contributed by atoms with Crippen LogP contribution < -0.4 is 0 Å². The van der Waals surface area contributed by atoms with Crippen LogP contribution in [0.1, 0.15) is 135 Å². The lowest BCUT2D eigenvalue weighted by Crippen LogP contribution is -2.73. The van der Waals surface area contributed by atoms with Crippen LogP contribution in [0.15, 0.2) is 34.9 Å². The number of aliphatic hydroxyl groups is 12. The number of aliphatic hydroxyl groups excluding tert-OH is 12. The maximum absolute atomic E-state index is 13.4. The summed E-state index contributed by atoms with van der Waals surface area (Å²) in [7, 11) is 0. The number of hydrogen-bond acceptors (Lipinski definition) is 27. The molecule has 9 aliphatic rings. The van der Waals surface area contributed by atoms with E-state index >= 15 is 0 Å².